The smallest absolute Gasteiger partial charge is 0.000746 e. The van der Waals surface area contributed by atoms with Crippen molar-refractivity contribution in [3.8, 4) is 0 Å². The van der Waals surface area contributed by atoms with Crippen LogP contribution in [0.25, 0.3) is 0 Å². The summed E-state index contributed by atoms with van der Waals surface area (Å²) in [4.78, 5) is 0. The Morgan fingerprint density at radius 1 is 1.42 bits per heavy atom. The third-order valence-electron chi connectivity index (χ3n) is 4.34. The Balaban J connectivity index is 2.08. The Morgan fingerprint density at radius 3 is 2.67 bits per heavy atom. The molecule has 1 N–H and O–H groups in total. The lowest BCUT2D eigenvalue weighted by molar-refractivity contribution is 0.154. The number of fused-ring (bicyclic) bond motifs is 2. The largest absolute Gasteiger partial charge is 0.319 e. The van der Waals surface area contributed by atoms with Gasteiger partial charge in [-0.05, 0) is 50.0 Å². The van der Waals surface area contributed by atoms with E-state index >= 15 is 0 Å². The summed E-state index contributed by atoms with van der Waals surface area (Å²) < 4.78 is 0. The normalized spacial score (nSPS) is 45.5. The Labute approximate surface area is 75.9 Å². The molecule has 2 aliphatic rings. The number of hydrogen-bond donors (Lipinski definition) is 1. The molecule has 0 saturated heterocycles. The second-order valence-corrected chi connectivity index (χ2v) is 4.83. The standard InChI is InChI=1S/C11H21N/c1-3-11(8-12-2)7-9-4-5-10(11)6-9/h9-10,12H,3-8H2,1-2H3. The monoisotopic (exact) mass is 167 g/mol. The Morgan fingerprint density at radius 2 is 2.25 bits per heavy atom. The molecule has 0 aromatic rings. The lowest BCUT2D eigenvalue weighted by Crippen LogP contribution is -2.36. The highest BCUT2D eigenvalue weighted by Gasteiger charge is 2.48. The molecular formula is C11H21N. The summed E-state index contributed by atoms with van der Waals surface area (Å²) >= 11 is 0. The molecule has 2 fully saturated rings. The minimum absolute atomic E-state index is 0.692. The van der Waals surface area contributed by atoms with Gasteiger partial charge < -0.3 is 5.32 Å². The van der Waals surface area contributed by atoms with Crippen molar-refractivity contribution in [2.75, 3.05) is 13.6 Å². The van der Waals surface area contributed by atoms with Gasteiger partial charge in [-0.2, -0.15) is 0 Å². The van der Waals surface area contributed by atoms with Crippen LogP contribution in [0.3, 0.4) is 0 Å². The molecule has 2 rings (SSSR count). The highest BCUT2D eigenvalue weighted by molar-refractivity contribution is 5.00. The van der Waals surface area contributed by atoms with Crippen LogP contribution in [-0.4, -0.2) is 13.6 Å². The van der Waals surface area contributed by atoms with Crippen molar-refractivity contribution in [3.05, 3.63) is 0 Å². The molecule has 0 aromatic heterocycles. The molecule has 1 heteroatoms. The van der Waals surface area contributed by atoms with E-state index in [1.807, 2.05) is 0 Å². The molecule has 2 saturated carbocycles. The first-order valence-corrected chi connectivity index (χ1v) is 5.45. The van der Waals surface area contributed by atoms with Gasteiger partial charge in [-0.1, -0.05) is 13.3 Å². The van der Waals surface area contributed by atoms with Gasteiger partial charge in [0, 0.05) is 6.54 Å². The van der Waals surface area contributed by atoms with Crippen molar-refractivity contribution in [2.24, 2.45) is 17.3 Å². The maximum absolute atomic E-state index is 3.39. The Kier molecular flexibility index (Phi) is 2.16. The van der Waals surface area contributed by atoms with Gasteiger partial charge in [0.1, 0.15) is 0 Å². The zero-order valence-corrected chi connectivity index (χ0v) is 8.40. The molecule has 12 heavy (non-hydrogen) atoms. The predicted octanol–water partition coefficient (Wildman–Crippen LogP) is 2.42. The molecule has 0 aromatic carbocycles. The van der Waals surface area contributed by atoms with Gasteiger partial charge in [0.05, 0.1) is 0 Å². The Hall–Kier alpha value is -0.0400. The lowest BCUT2D eigenvalue weighted by atomic mass is 9.71. The first-order valence-electron chi connectivity index (χ1n) is 5.45. The Bertz CT molecular complexity index is 166. The zero-order chi connectivity index (χ0) is 8.60. The van der Waals surface area contributed by atoms with E-state index in [1.54, 1.807) is 0 Å². The quantitative estimate of drug-likeness (QED) is 0.680. The van der Waals surface area contributed by atoms with Gasteiger partial charge in [-0.25, -0.2) is 0 Å². The van der Waals surface area contributed by atoms with Crippen LogP contribution < -0.4 is 5.32 Å². The van der Waals surface area contributed by atoms with Crippen molar-refractivity contribution in [1.29, 1.82) is 0 Å². The van der Waals surface area contributed by atoms with Crippen LogP contribution in [0.15, 0.2) is 0 Å². The molecule has 1 nitrogen and oxygen atoms in total. The SMILES string of the molecule is CCC1(CNC)CC2CCC1C2. The summed E-state index contributed by atoms with van der Waals surface area (Å²) in [6.07, 6.45) is 7.47. The fraction of sp³-hybridized carbons (Fsp3) is 1.00. The summed E-state index contributed by atoms with van der Waals surface area (Å²) in [6, 6.07) is 0. The van der Waals surface area contributed by atoms with E-state index in [0.717, 1.165) is 11.8 Å². The van der Waals surface area contributed by atoms with E-state index in [2.05, 4.69) is 19.3 Å². The third-order valence-corrected chi connectivity index (χ3v) is 4.34. The summed E-state index contributed by atoms with van der Waals surface area (Å²) in [6.45, 7) is 3.63. The molecule has 2 aliphatic carbocycles. The summed E-state index contributed by atoms with van der Waals surface area (Å²) in [5.74, 6) is 2.14. The highest BCUT2D eigenvalue weighted by atomic mass is 14.8. The van der Waals surface area contributed by atoms with Crippen LogP contribution in [0, 0.1) is 17.3 Å². The lowest BCUT2D eigenvalue weighted by Gasteiger charge is -2.36. The van der Waals surface area contributed by atoms with Gasteiger partial charge in [0.15, 0.2) is 0 Å². The van der Waals surface area contributed by atoms with Crippen LogP contribution in [0.5, 0.6) is 0 Å². The van der Waals surface area contributed by atoms with Crippen LogP contribution in [0.2, 0.25) is 0 Å². The van der Waals surface area contributed by atoms with Crippen LogP contribution >= 0.6 is 0 Å². The second-order valence-electron chi connectivity index (χ2n) is 4.83. The van der Waals surface area contributed by atoms with Crippen molar-refractivity contribution < 1.29 is 0 Å². The molecule has 3 unspecified atom stereocenters. The van der Waals surface area contributed by atoms with E-state index < -0.39 is 0 Å². The van der Waals surface area contributed by atoms with Crippen LogP contribution in [-0.2, 0) is 0 Å². The summed E-state index contributed by atoms with van der Waals surface area (Å²) in [5.41, 5.74) is 0.692. The molecule has 70 valence electrons. The first-order chi connectivity index (χ1) is 5.80. The first kappa shape index (κ1) is 8.55. The fourth-order valence-corrected chi connectivity index (χ4v) is 3.68. The van der Waals surface area contributed by atoms with Crippen molar-refractivity contribution in [3.63, 3.8) is 0 Å². The molecule has 3 atom stereocenters. The van der Waals surface area contributed by atoms with Gasteiger partial charge >= 0.3 is 0 Å². The number of rotatable bonds is 3. The van der Waals surface area contributed by atoms with Gasteiger partial charge in [0.2, 0.25) is 0 Å². The van der Waals surface area contributed by atoms with Crippen LogP contribution in [0.1, 0.15) is 39.0 Å². The van der Waals surface area contributed by atoms with Crippen molar-refractivity contribution in [2.45, 2.75) is 39.0 Å². The summed E-state index contributed by atoms with van der Waals surface area (Å²) in [5, 5.41) is 3.39. The minimum Gasteiger partial charge on any atom is -0.319 e. The van der Waals surface area contributed by atoms with Crippen molar-refractivity contribution >= 4 is 0 Å². The van der Waals surface area contributed by atoms with E-state index in [0.29, 0.717) is 5.41 Å². The average molecular weight is 167 g/mol. The highest BCUT2D eigenvalue weighted by Crippen LogP contribution is 2.57. The van der Waals surface area contributed by atoms with Crippen molar-refractivity contribution in [1.82, 2.24) is 5.32 Å². The number of hydrogen-bond acceptors (Lipinski definition) is 1. The van der Waals surface area contributed by atoms with Gasteiger partial charge in [0.25, 0.3) is 0 Å². The summed E-state index contributed by atoms with van der Waals surface area (Å²) in [7, 11) is 2.10. The van der Waals surface area contributed by atoms with Gasteiger partial charge in [-0.3, -0.25) is 0 Å². The maximum atomic E-state index is 3.39. The maximum Gasteiger partial charge on any atom is 0.000746 e. The molecule has 0 heterocycles. The molecule has 0 amide bonds. The van der Waals surface area contributed by atoms with E-state index in [-0.39, 0.29) is 0 Å². The van der Waals surface area contributed by atoms with E-state index in [4.69, 9.17) is 0 Å². The van der Waals surface area contributed by atoms with Crippen LogP contribution in [0.4, 0.5) is 0 Å². The molecule has 0 spiro atoms. The third kappa shape index (κ3) is 1.10. The molecule has 0 radical (unpaired) electrons. The second kappa shape index (κ2) is 3.02. The zero-order valence-electron chi connectivity index (χ0n) is 8.40. The average Bonchev–Trinajstić information content (AvgIpc) is 2.64. The predicted molar refractivity (Wildman–Crippen MR) is 52.1 cm³/mol. The number of nitrogens with one attached hydrogen (secondary N) is 1. The molecular weight excluding hydrogens is 146 g/mol. The fourth-order valence-electron chi connectivity index (χ4n) is 3.68. The molecule has 0 aliphatic heterocycles. The topological polar surface area (TPSA) is 12.0 Å². The van der Waals surface area contributed by atoms with E-state index in [9.17, 15) is 0 Å². The van der Waals surface area contributed by atoms with E-state index in [1.165, 1.54) is 38.6 Å². The minimum atomic E-state index is 0.692. The molecule has 2 bridgehead atoms. The van der Waals surface area contributed by atoms with Gasteiger partial charge in [-0.15, -0.1) is 0 Å².